The molecule has 0 aliphatic heterocycles. The van der Waals surface area contributed by atoms with Crippen LogP contribution in [0.3, 0.4) is 0 Å². The third kappa shape index (κ3) is 4.64. The maximum Gasteiger partial charge on any atom is 0.289 e. The molecule has 2 rings (SSSR count). The van der Waals surface area contributed by atoms with Gasteiger partial charge in [-0.05, 0) is 18.1 Å². The summed E-state index contributed by atoms with van der Waals surface area (Å²) in [6.07, 6.45) is 3.44. The van der Waals surface area contributed by atoms with E-state index in [9.17, 15) is 4.79 Å². The number of nitrogens with zero attached hydrogens (tertiary/aromatic N) is 4. The minimum absolute atomic E-state index is 0.0694. The molecular formula is C16H25N5O2. The average molecular weight is 319 g/mol. The molecule has 126 valence electrons. The Labute approximate surface area is 136 Å². The van der Waals surface area contributed by atoms with E-state index in [1.807, 2.05) is 17.9 Å². The molecule has 0 bridgehead atoms. The first-order chi connectivity index (χ1) is 11.2. The van der Waals surface area contributed by atoms with E-state index < -0.39 is 0 Å². The van der Waals surface area contributed by atoms with Crippen LogP contribution in [0.15, 0.2) is 16.5 Å². The fraction of sp³-hybridized carbons (Fsp3) is 0.625. The van der Waals surface area contributed by atoms with Crippen molar-refractivity contribution in [1.82, 2.24) is 25.5 Å². The molecule has 2 heterocycles. The molecule has 0 atom stereocenters. The smallest absolute Gasteiger partial charge is 0.289 e. The van der Waals surface area contributed by atoms with Crippen LogP contribution in [-0.2, 0) is 12.8 Å². The van der Waals surface area contributed by atoms with E-state index in [1.165, 1.54) is 0 Å². The number of carbonyl (C=O) groups is 1. The Bertz CT molecular complexity index is 589. The fourth-order valence-corrected chi connectivity index (χ4v) is 2.50. The van der Waals surface area contributed by atoms with Gasteiger partial charge in [0.05, 0.1) is 0 Å². The number of H-pyrrole nitrogens is 1. The van der Waals surface area contributed by atoms with E-state index in [2.05, 4.69) is 34.5 Å². The summed E-state index contributed by atoms with van der Waals surface area (Å²) in [6.45, 7) is 7.57. The van der Waals surface area contributed by atoms with Gasteiger partial charge in [0.25, 0.3) is 5.91 Å². The summed E-state index contributed by atoms with van der Waals surface area (Å²) in [5.74, 6) is 2.25. The number of hydrogen-bond donors (Lipinski definition) is 1. The number of nitrogens with one attached hydrogen (secondary N) is 1. The van der Waals surface area contributed by atoms with Gasteiger partial charge in [-0.1, -0.05) is 38.8 Å². The quantitative estimate of drug-likeness (QED) is 0.767. The molecule has 0 spiro atoms. The zero-order chi connectivity index (χ0) is 16.7. The van der Waals surface area contributed by atoms with Crippen LogP contribution in [0, 0.1) is 5.92 Å². The van der Waals surface area contributed by atoms with E-state index in [-0.39, 0.29) is 5.91 Å². The second-order valence-electron chi connectivity index (χ2n) is 5.63. The van der Waals surface area contributed by atoms with Gasteiger partial charge in [-0.3, -0.25) is 4.79 Å². The molecule has 1 amide bonds. The number of hydrogen-bond acceptors (Lipinski definition) is 5. The number of rotatable bonds is 9. The molecular weight excluding hydrogens is 294 g/mol. The molecule has 0 saturated heterocycles. The molecule has 0 unspecified atom stereocenters. The normalized spacial score (nSPS) is 11.1. The Balaban J connectivity index is 2.08. The van der Waals surface area contributed by atoms with Crippen molar-refractivity contribution in [3.8, 4) is 0 Å². The molecule has 2 aromatic heterocycles. The zero-order valence-corrected chi connectivity index (χ0v) is 14.1. The second-order valence-corrected chi connectivity index (χ2v) is 5.63. The minimum Gasteiger partial charge on any atom is -0.456 e. The van der Waals surface area contributed by atoms with Crippen molar-refractivity contribution in [2.24, 2.45) is 5.92 Å². The standard InChI is InChI=1S/C16H25N5O2/c1-4-12(5-2)11-21(10-9-15-17-19-20-18-15)16(22)14-8-7-13(6-3)23-14/h7-8,12H,4-6,9-11H2,1-3H3,(H,17,18,19,20). The van der Waals surface area contributed by atoms with Gasteiger partial charge < -0.3 is 9.32 Å². The molecule has 0 saturated carbocycles. The van der Waals surface area contributed by atoms with Crippen molar-refractivity contribution in [1.29, 1.82) is 0 Å². The van der Waals surface area contributed by atoms with Gasteiger partial charge in [0, 0.05) is 25.9 Å². The number of aromatic amines is 1. The van der Waals surface area contributed by atoms with E-state index in [1.54, 1.807) is 6.07 Å². The first-order valence-corrected chi connectivity index (χ1v) is 8.28. The first kappa shape index (κ1) is 17.2. The van der Waals surface area contributed by atoms with Gasteiger partial charge in [-0.15, -0.1) is 10.2 Å². The Morgan fingerprint density at radius 2 is 2.09 bits per heavy atom. The molecule has 0 radical (unpaired) electrons. The Morgan fingerprint density at radius 1 is 1.30 bits per heavy atom. The van der Waals surface area contributed by atoms with Gasteiger partial charge in [-0.2, -0.15) is 5.21 Å². The molecule has 0 aromatic carbocycles. The highest BCUT2D eigenvalue weighted by Gasteiger charge is 2.22. The Hall–Kier alpha value is -2.18. The highest BCUT2D eigenvalue weighted by molar-refractivity contribution is 5.91. The SMILES string of the molecule is CCc1ccc(C(=O)N(CCc2nn[nH]n2)CC(CC)CC)o1. The lowest BCUT2D eigenvalue weighted by Crippen LogP contribution is -2.36. The van der Waals surface area contributed by atoms with E-state index in [0.29, 0.717) is 37.0 Å². The summed E-state index contributed by atoms with van der Waals surface area (Å²) in [5.41, 5.74) is 0. The summed E-state index contributed by atoms with van der Waals surface area (Å²) in [6, 6.07) is 3.62. The summed E-state index contributed by atoms with van der Waals surface area (Å²) in [7, 11) is 0. The van der Waals surface area contributed by atoms with Crippen molar-refractivity contribution < 1.29 is 9.21 Å². The molecule has 7 heteroatoms. The molecule has 1 N–H and O–H groups in total. The molecule has 0 fully saturated rings. The number of tetrazole rings is 1. The second kappa shape index (κ2) is 8.45. The number of furan rings is 1. The third-order valence-electron chi connectivity index (χ3n) is 4.14. The van der Waals surface area contributed by atoms with Crippen molar-refractivity contribution in [3.63, 3.8) is 0 Å². The van der Waals surface area contributed by atoms with Crippen molar-refractivity contribution in [3.05, 3.63) is 29.5 Å². The van der Waals surface area contributed by atoms with Gasteiger partial charge in [0.2, 0.25) is 0 Å². The monoisotopic (exact) mass is 319 g/mol. The van der Waals surface area contributed by atoms with E-state index >= 15 is 0 Å². The largest absolute Gasteiger partial charge is 0.456 e. The zero-order valence-electron chi connectivity index (χ0n) is 14.1. The van der Waals surface area contributed by atoms with Gasteiger partial charge in [0.1, 0.15) is 5.76 Å². The molecule has 7 nitrogen and oxygen atoms in total. The van der Waals surface area contributed by atoms with Crippen molar-refractivity contribution in [2.45, 2.75) is 46.5 Å². The highest BCUT2D eigenvalue weighted by Crippen LogP contribution is 2.16. The lowest BCUT2D eigenvalue weighted by Gasteiger charge is -2.25. The van der Waals surface area contributed by atoms with Crippen LogP contribution in [-0.4, -0.2) is 44.5 Å². The lowest BCUT2D eigenvalue weighted by molar-refractivity contribution is 0.0692. The lowest BCUT2D eigenvalue weighted by atomic mass is 10.0. The maximum atomic E-state index is 12.8. The fourth-order valence-electron chi connectivity index (χ4n) is 2.50. The number of amides is 1. The molecule has 2 aromatic rings. The van der Waals surface area contributed by atoms with E-state index in [0.717, 1.165) is 25.0 Å². The van der Waals surface area contributed by atoms with Crippen LogP contribution in [0.25, 0.3) is 0 Å². The Kier molecular flexibility index (Phi) is 6.31. The van der Waals surface area contributed by atoms with Gasteiger partial charge >= 0.3 is 0 Å². The minimum atomic E-state index is -0.0694. The third-order valence-corrected chi connectivity index (χ3v) is 4.14. The average Bonchev–Trinajstić information content (AvgIpc) is 3.26. The predicted octanol–water partition coefficient (Wildman–Crippen LogP) is 2.48. The molecule has 0 aliphatic carbocycles. The summed E-state index contributed by atoms with van der Waals surface area (Å²) >= 11 is 0. The highest BCUT2D eigenvalue weighted by atomic mass is 16.4. The van der Waals surface area contributed by atoms with Crippen molar-refractivity contribution in [2.75, 3.05) is 13.1 Å². The Morgan fingerprint density at radius 3 is 2.65 bits per heavy atom. The molecule has 0 aliphatic rings. The maximum absolute atomic E-state index is 12.8. The predicted molar refractivity (Wildman–Crippen MR) is 85.9 cm³/mol. The van der Waals surface area contributed by atoms with Crippen LogP contribution in [0.2, 0.25) is 0 Å². The summed E-state index contributed by atoms with van der Waals surface area (Å²) in [4.78, 5) is 14.6. The van der Waals surface area contributed by atoms with Crippen LogP contribution >= 0.6 is 0 Å². The van der Waals surface area contributed by atoms with Gasteiger partial charge in [0.15, 0.2) is 11.6 Å². The topological polar surface area (TPSA) is 87.9 Å². The van der Waals surface area contributed by atoms with Gasteiger partial charge in [-0.25, -0.2) is 0 Å². The van der Waals surface area contributed by atoms with Crippen LogP contribution in [0.4, 0.5) is 0 Å². The van der Waals surface area contributed by atoms with Crippen molar-refractivity contribution >= 4 is 5.91 Å². The molecule has 23 heavy (non-hydrogen) atoms. The number of aromatic nitrogens is 4. The van der Waals surface area contributed by atoms with Crippen LogP contribution in [0.5, 0.6) is 0 Å². The van der Waals surface area contributed by atoms with Crippen LogP contribution in [0.1, 0.15) is 55.8 Å². The number of aryl methyl sites for hydroxylation is 1. The van der Waals surface area contributed by atoms with E-state index in [4.69, 9.17) is 4.42 Å². The summed E-state index contributed by atoms with van der Waals surface area (Å²) < 4.78 is 5.62. The first-order valence-electron chi connectivity index (χ1n) is 8.28. The van der Waals surface area contributed by atoms with Crippen LogP contribution < -0.4 is 0 Å². The number of carbonyl (C=O) groups excluding carboxylic acids is 1. The summed E-state index contributed by atoms with van der Waals surface area (Å²) in [5, 5.41) is 13.9.